The molecule has 0 aromatic carbocycles. The van der Waals surface area contributed by atoms with Crippen molar-refractivity contribution >= 4 is 12.0 Å². The second-order valence-electron chi connectivity index (χ2n) is 4.50. The first-order valence-electron chi connectivity index (χ1n) is 6.20. The van der Waals surface area contributed by atoms with Crippen molar-refractivity contribution in [2.24, 2.45) is 0 Å². The van der Waals surface area contributed by atoms with E-state index in [0.717, 1.165) is 0 Å². The van der Waals surface area contributed by atoms with Crippen LogP contribution in [0, 0.1) is 0 Å². The van der Waals surface area contributed by atoms with Crippen molar-refractivity contribution in [2.75, 3.05) is 13.6 Å². The van der Waals surface area contributed by atoms with Gasteiger partial charge in [0.25, 0.3) is 0 Å². The molecular formula is C12H20N4O3. The van der Waals surface area contributed by atoms with Crippen molar-refractivity contribution in [2.45, 2.75) is 32.4 Å². The first-order chi connectivity index (χ1) is 8.99. The van der Waals surface area contributed by atoms with E-state index in [0.29, 0.717) is 19.5 Å². The Morgan fingerprint density at radius 1 is 1.53 bits per heavy atom. The Kier molecular flexibility index (Phi) is 5.84. The van der Waals surface area contributed by atoms with Gasteiger partial charge in [-0.2, -0.15) is 5.10 Å². The Hall–Kier alpha value is -2.05. The Morgan fingerprint density at radius 3 is 2.84 bits per heavy atom. The van der Waals surface area contributed by atoms with Crippen molar-refractivity contribution in [3.63, 3.8) is 0 Å². The monoisotopic (exact) mass is 268 g/mol. The number of aliphatic carboxylic acids is 1. The predicted octanol–water partition coefficient (Wildman–Crippen LogP) is 0.778. The molecule has 0 bridgehead atoms. The summed E-state index contributed by atoms with van der Waals surface area (Å²) in [4.78, 5) is 23.7. The fourth-order valence-electron chi connectivity index (χ4n) is 1.62. The SMILES string of the molecule is CC(Cn1cccn1)NC(=O)N(C)CCCC(=O)O. The topological polar surface area (TPSA) is 87.5 Å². The Bertz CT molecular complexity index is 405. The number of nitrogens with zero attached hydrogens (tertiary/aromatic N) is 3. The highest BCUT2D eigenvalue weighted by Crippen LogP contribution is 1.96. The molecule has 1 rings (SSSR count). The van der Waals surface area contributed by atoms with Crippen LogP contribution in [0.5, 0.6) is 0 Å². The lowest BCUT2D eigenvalue weighted by Gasteiger charge is -2.21. The van der Waals surface area contributed by atoms with Crippen LogP contribution in [0.4, 0.5) is 4.79 Å². The molecule has 7 nitrogen and oxygen atoms in total. The minimum atomic E-state index is -0.846. The number of amides is 2. The van der Waals surface area contributed by atoms with Gasteiger partial charge in [0.15, 0.2) is 0 Å². The summed E-state index contributed by atoms with van der Waals surface area (Å²) < 4.78 is 1.75. The third kappa shape index (κ3) is 5.89. The fraction of sp³-hybridized carbons (Fsp3) is 0.583. The molecule has 0 aliphatic heterocycles. The number of carboxylic acid groups (broad SMARTS) is 1. The smallest absolute Gasteiger partial charge is 0.317 e. The Morgan fingerprint density at radius 2 is 2.26 bits per heavy atom. The number of hydrogen-bond acceptors (Lipinski definition) is 3. The zero-order valence-corrected chi connectivity index (χ0v) is 11.2. The van der Waals surface area contributed by atoms with Crippen molar-refractivity contribution in [3.05, 3.63) is 18.5 Å². The number of hydrogen-bond donors (Lipinski definition) is 2. The standard InChI is InChI=1S/C12H20N4O3/c1-10(9-16-8-4-6-13-16)14-12(19)15(2)7-3-5-11(17)18/h4,6,8,10H,3,5,7,9H2,1-2H3,(H,14,19)(H,17,18). The normalized spacial score (nSPS) is 11.9. The van der Waals surface area contributed by atoms with Gasteiger partial charge in [-0.15, -0.1) is 0 Å². The van der Waals surface area contributed by atoms with E-state index in [1.165, 1.54) is 4.90 Å². The molecule has 0 radical (unpaired) electrons. The van der Waals surface area contributed by atoms with Gasteiger partial charge in [0, 0.05) is 38.4 Å². The number of urea groups is 1. The molecule has 2 amide bonds. The molecule has 1 aromatic rings. The van der Waals surface area contributed by atoms with Crippen molar-refractivity contribution in [1.29, 1.82) is 0 Å². The van der Waals surface area contributed by atoms with E-state index in [1.54, 1.807) is 17.9 Å². The van der Waals surface area contributed by atoms with Gasteiger partial charge in [-0.05, 0) is 19.4 Å². The molecule has 0 fully saturated rings. The third-order valence-corrected chi connectivity index (χ3v) is 2.62. The molecule has 0 aliphatic carbocycles. The number of carbonyl (C=O) groups excluding carboxylic acids is 1. The van der Waals surface area contributed by atoms with Crippen LogP contribution >= 0.6 is 0 Å². The van der Waals surface area contributed by atoms with Crippen LogP contribution in [0.2, 0.25) is 0 Å². The third-order valence-electron chi connectivity index (χ3n) is 2.62. The van der Waals surface area contributed by atoms with Crippen LogP contribution < -0.4 is 5.32 Å². The van der Waals surface area contributed by atoms with Crippen molar-refractivity contribution < 1.29 is 14.7 Å². The largest absolute Gasteiger partial charge is 0.481 e. The van der Waals surface area contributed by atoms with Gasteiger partial charge in [-0.25, -0.2) is 4.79 Å². The van der Waals surface area contributed by atoms with Gasteiger partial charge in [0.1, 0.15) is 0 Å². The fourth-order valence-corrected chi connectivity index (χ4v) is 1.62. The summed E-state index contributed by atoms with van der Waals surface area (Å²) in [6.07, 6.45) is 4.04. The molecule has 1 atom stereocenters. The molecule has 0 aliphatic rings. The minimum absolute atomic E-state index is 0.0469. The zero-order chi connectivity index (χ0) is 14.3. The summed E-state index contributed by atoms with van der Waals surface area (Å²) in [6.45, 7) is 2.92. The highest BCUT2D eigenvalue weighted by Gasteiger charge is 2.12. The zero-order valence-electron chi connectivity index (χ0n) is 11.2. The number of rotatable bonds is 7. The Labute approximate surface area is 112 Å². The summed E-state index contributed by atoms with van der Waals surface area (Å²) >= 11 is 0. The molecule has 1 heterocycles. The molecule has 0 saturated carbocycles. The lowest BCUT2D eigenvalue weighted by molar-refractivity contribution is -0.137. The van der Waals surface area contributed by atoms with E-state index in [2.05, 4.69) is 10.4 Å². The molecule has 2 N–H and O–H groups in total. The average molecular weight is 268 g/mol. The molecular weight excluding hydrogens is 248 g/mol. The number of carboxylic acids is 1. The van der Waals surface area contributed by atoms with Gasteiger partial charge >= 0.3 is 12.0 Å². The predicted molar refractivity (Wildman–Crippen MR) is 69.7 cm³/mol. The van der Waals surface area contributed by atoms with E-state index < -0.39 is 5.97 Å². The van der Waals surface area contributed by atoms with Gasteiger partial charge in [-0.1, -0.05) is 0 Å². The molecule has 1 unspecified atom stereocenters. The van der Waals surface area contributed by atoms with E-state index in [1.807, 2.05) is 19.2 Å². The Balaban J connectivity index is 2.26. The average Bonchev–Trinajstić information content (AvgIpc) is 2.80. The van der Waals surface area contributed by atoms with Gasteiger partial charge in [-0.3, -0.25) is 9.48 Å². The number of carbonyl (C=O) groups is 2. The molecule has 106 valence electrons. The number of nitrogens with one attached hydrogen (secondary N) is 1. The van der Waals surface area contributed by atoms with Gasteiger partial charge in [0.05, 0.1) is 6.54 Å². The highest BCUT2D eigenvalue weighted by molar-refractivity contribution is 5.74. The van der Waals surface area contributed by atoms with Gasteiger partial charge < -0.3 is 15.3 Å². The second-order valence-corrected chi connectivity index (χ2v) is 4.50. The summed E-state index contributed by atoms with van der Waals surface area (Å²) in [5.41, 5.74) is 0. The summed E-state index contributed by atoms with van der Waals surface area (Å²) in [5, 5.41) is 15.4. The van der Waals surface area contributed by atoms with Crippen LogP contribution in [0.3, 0.4) is 0 Å². The maximum atomic E-state index is 11.8. The van der Waals surface area contributed by atoms with Crippen molar-refractivity contribution in [1.82, 2.24) is 20.0 Å². The summed E-state index contributed by atoms with van der Waals surface area (Å²) in [7, 11) is 1.65. The first kappa shape index (κ1) is 15.0. The minimum Gasteiger partial charge on any atom is -0.481 e. The molecule has 0 saturated heterocycles. The van der Waals surface area contributed by atoms with Crippen LogP contribution in [0.15, 0.2) is 18.5 Å². The lowest BCUT2D eigenvalue weighted by Crippen LogP contribution is -2.43. The van der Waals surface area contributed by atoms with Crippen LogP contribution in [-0.4, -0.2) is 51.4 Å². The molecule has 0 spiro atoms. The molecule has 7 heteroatoms. The van der Waals surface area contributed by atoms with Crippen LogP contribution in [-0.2, 0) is 11.3 Å². The maximum absolute atomic E-state index is 11.8. The maximum Gasteiger partial charge on any atom is 0.317 e. The van der Waals surface area contributed by atoms with Crippen molar-refractivity contribution in [3.8, 4) is 0 Å². The van der Waals surface area contributed by atoms with Gasteiger partial charge in [0.2, 0.25) is 0 Å². The lowest BCUT2D eigenvalue weighted by atomic mass is 10.3. The van der Waals surface area contributed by atoms with Crippen LogP contribution in [0.1, 0.15) is 19.8 Å². The first-order valence-corrected chi connectivity index (χ1v) is 6.20. The van der Waals surface area contributed by atoms with E-state index in [-0.39, 0.29) is 18.5 Å². The molecule has 1 aromatic heterocycles. The van der Waals surface area contributed by atoms with E-state index in [9.17, 15) is 9.59 Å². The quantitative estimate of drug-likeness (QED) is 0.765. The highest BCUT2D eigenvalue weighted by atomic mass is 16.4. The van der Waals surface area contributed by atoms with Crippen LogP contribution in [0.25, 0.3) is 0 Å². The van der Waals surface area contributed by atoms with E-state index >= 15 is 0 Å². The summed E-state index contributed by atoms with van der Waals surface area (Å²) in [5.74, 6) is -0.846. The summed E-state index contributed by atoms with van der Waals surface area (Å²) in [6, 6.07) is 1.58. The number of aromatic nitrogens is 2. The second kappa shape index (κ2) is 7.40. The molecule has 19 heavy (non-hydrogen) atoms. The van der Waals surface area contributed by atoms with E-state index in [4.69, 9.17) is 5.11 Å².